The first kappa shape index (κ1) is 34.9. The minimum Gasteiger partial charge on any atom is -0.480 e. The second-order valence-electron chi connectivity index (χ2n) is 12.0. The summed E-state index contributed by atoms with van der Waals surface area (Å²) >= 11 is 0. The molecule has 1 aromatic rings. The topological polar surface area (TPSA) is 151 Å². The highest BCUT2D eigenvalue weighted by Crippen LogP contribution is 2.39. The molecule has 0 aliphatic carbocycles. The molecule has 0 heterocycles. The summed E-state index contributed by atoms with van der Waals surface area (Å²) in [6, 6.07) is 3.09. The minimum absolute atomic E-state index is 0.0207. The number of esters is 2. The van der Waals surface area contributed by atoms with E-state index in [1.54, 1.807) is 47.6 Å². The molecule has 226 valence electrons. The van der Waals surface area contributed by atoms with E-state index in [0.29, 0.717) is 18.4 Å². The number of carbonyl (C=O) groups excluding carboxylic acids is 3. The van der Waals surface area contributed by atoms with Gasteiger partial charge in [-0.15, -0.1) is 0 Å². The maximum absolute atomic E-state index is 13.0. The van der Waals surface area contributed by atoms with Gasteiger partial charge in [0, 0.05) is 11.8 Å². The summed E-state index contributed by atoms with van der Waals surface area (Å²) in [6.45, 7) is 17.9. The Balaban J connectivity index is 3.54. The third-order valence-corrected chi connectivity index (χ3v) is 7.43. The number of hydrogen-bond acceptors (Lipinski definition) is 9. The van der Waals surface area contributed by atoms with Gasteiger partial charge in [-0.25, -0.2) is 4.79 Å². The van der Waals surface area contributed by atoms with E-state index >= 15 is 0 Å². The Labute approximate surface area is 237 Å². The summed E-state index contributed by atoms with van der Waals surface area (Å²) in [5.41, 5.74) is 4.92. The average molecular weight is 566 g/mol. The molecule has 0 aromatic heterocycles. The molecular formula is C30H47NO9. The van der Waals surface area contributed by atoms with E-state index in [0.717, 1.165) is 0 Å². The Kier molecular flexibility index (Phi) is 12.6. The fraction of sp³-hybridized carbons (Fsp3) is 0.667. The van der Waals surface area contributed by atoms with Gasteiger partial charge in [0.25, 0.3) is 0 Å². The molecule has 1 aromatic carbocycles. The number of carboxylic acids is 1. The summed E-state index contributed by atoms with van der Waals surface area (Å²) in [5.74, 6) is -3.70. The van der Waals surface area contributed by atoms with Crippen LogP contribution in [0.1, 0.15) is 93.6 Å². The Morgan fingerprint density at radius 2 is 1.38 bits per heavy atom. The van der Waals surface area contributed by atoms with Gasteiger partial charge in [0.15, 0.2) is 11.5 Å². The van der Waals surface area contributed by atoms with E-state index in [4.69, 9.17) is 24.7 Å². The predicted molar refractivity (Wildman–Crippen MR) is 150 cm³/mol. The van der Waals surface area contributed by atoms with Crippen LogP contribution >= 0.6 is 0 Å². The molecular weight excluding hydrogens is 518 g/mol. The number of nitrogens with two attached hydrogens (primary N) is 1. The number of hydrogen-bond donors (Lipinski definition) is 2. The van der Waals surface area contributed by atoms with Gasteiger partial charge in [0.05, 0.1) is 17.4 Å². The zero-order chi connectivity index (χ0) is 31.0. The summed E-state index contributed by atoms with van der Waals surface area (Å²) < 4.78 is 21.9. The molecule has 0 amide bonds. The molecule has 4 atom stereocenters. The van der Waals surface area contributed by atoms with Gasteiger partial charge < -0.3 is 29.8 Å². The van der Waals surface area contributed by atoms with Gasteiger partial charge in [0.2, 0.25) is 0 Å². The molecule has 0 saturated heterocycles. The molecule has 0 saturated carbocycles. The number of carboxylic acid groups (broad SMARTS) is 1. The lowest BCUT2D eigenvalue weighted by Gasteiger charge is -2.32. The van der Waals surface area contributed by atoms with Gasteiger partial charge in [-0.1, -0.05) is 40.7 Å². The van der Waals surface area contributed by atoms with Gasteiger partial charge in [-0.3, -0.25) is 14.4 Å². The van der Waals surface area contributed by atoms with Crippen LogP contribution in [-0.4, -0.2) is 47.9 Å². The highest BCUT2D eigenvalue weighted by molar-refractivity contribution is 5.82. The SMILES string of the molecule is CCC(C)(C)C(=O)Oc1ccc(C(C(C)C(C)OC(=O)OCC(C)C)[C@H](N)C(=O)O)cc1OC(=O)C(C)(C)CC. The molecule has 0 spiro atoms. The van der Waals surface area contributed by atoms with E-state index < -0.39 is 58.9 Å². The van der Waals surface area contributed by atoms with E-state index in [9.17, 15) is 24.3 Å². The largest absolute Gasteiger partial charge is 0.508 e. The molecule has 0 aliphatic heterocycles. The van der Waals surface area contributed by atoms with Crippen LogP contribution in [0.15, 0.2) is 18.2 Å². The number of rotatable bonds is 14. The van der Waals surface area contributed by atoms with Crippen LogP contribution < -0.4 is 15.2 Å². The van der Waals surface area contributed by atoms with Crippen LogP contribution in [0, 0.1) is 22.7 Å². The zero-order valence-corrected chi connectivity index (χ0v) is 25.5. The van der Waals surface area contributed by atoms with Crippen molar-refractivity contribution in [1.82, 2.24) is 0 Å². The highest BCUT2D eigenvalue weighted by atomic mass is 16.7. The lowest BCUT2D eigenvalue weighted by Crippen LogP contribution is -2.42. The van der Waals surface area contributed by atoms with E-state index in [2.05, 4.69) is 0 Å². The van der Waals surface area contributed by atoms with Crippen LogP contribution in [0.5, 0.6) is 11.5 Å². The second kappa shape index (κ2) is 14.5. The molecule has 40 heavy (non-hydrogen) atoms. The minimum atomic E-state index is -1.39. The first-order valence-electron chi connectivity index (χ1n) is 13.8. The normalized spacial score (nSPS) is 15.0. The van der Waals surface area contributed by atoms with Crippen molar-refractivity contribution in [3.8, 4) is 11.5 Å². The summed E-state index contributed by atoms with van der Waals surface area (Å²) in [6.07, 6.45) is -0.628. The monoisotopic (exact) mass is 565 g/mol. The van der Waals surface area contributed by atoms with Gasteiger partial charge in [-0.2, -0.15) is 0 Å². The van der Waals surface area contributed by atoms with Gasteiger partial charge >= 0.3 is 24.1 Å². The summed E-state index contributed by atoms with van der Waals surface area (Å²) in [4.78, 5) is 50.0. The molecule has 0 bridgehead atoms. The Bertz CT molecular complexity index is 1050. The third kappa shape index (κ3) is 9.50. The number of aliphatic carboxylic acids is 1. The van der Waals surface area contributed by atoms with Crippen molar-refractivity contribution in [2.75, 3.05) is 6.61 Å². The standard InChI is InChI=1S/C30H47NO9/c1-11-29(7,8)26(34)39-21-14-13-20(15-22(21)40-27(35)30(9,10)12-2)23(24(31)25(32)33)18(5)19(6)38-28(36)37-16-17(3)4/h13-15,17-19,23-24H,11-12,16,31H2,1-10H3,(H,32,33)/t18?,19?,23?,24-/m0/s1. The molecule has 10 nitrogen and oxygen atoms in total. The molecule has 3 unspecified atom stereocenters. The molecule has 3 N–H and O–H groups in total. The third-order valence-electron chi connectivity index (χ3n) is 7.43. The van der Waals surface area contributed by atoms with Crippen molar-refractivity contribution in [2.24, 2.45) is 28.4 Å². The second-order valence-corrected chi connectivity index (χ2v) is 12.0. The van der Waals surface area contributed by atoms with Crippen LogP contribution in [0.25, 0.3) is 0 Å². The smallest absolute Gasteiger partial charge is 0.480 e. The fourth-order valence-electron chi connectivity index (χ4n) is 3.47. The predicted octanol–water partition coefficient (Wildman–Crippen LogP) is 5.70. The first-order valence-corrected chi connectivity index (χ1v) is 13.8. The van der Waals surface area contributed by atoms with Crippen molar-refractivity contribution in [3.63, 3.8) is 0 Å². The Morgan fingerprint density at radius 1 is 0.875 bits per heavy atom. The molecule has 0 aliphatic rings. The van der Waals surface area contributed by atoms with Crippen molar-refractivity contribution in [3.05, 3.63) is 23.8 Å². The zero-order valence-electron chi connectivity index (χ0n) is 25.5. The molecule has 1 rings (SSSR count). The maximum atomic E-state index is 13.0. The van der Waals surface area contributed by atoms with Crippen LogP contribution in [0.4, 0.5) is 4.79 Å². The summed E-state index contributed by atoms with van der Waals surface area (Å²) in [5, 5.41) is 9.80. The van der Waals surface area contributed by atoms with Gasteiger partial charge in [-0.05, 0) is 71.1 Å². The Hall–Kier alpha value is -3.14. The van der Waals surface area contributed by atoms with Crippen molar-refractivity contribution >= 4 is 24.1 Å². The number of ether oxygens (including phenoxy) is 4. The maximum Gasteiger partial charge on any atom is 0.508 e. The highest BCUT2D eigenvalue weighted by Gasteiger charge is 2.37. The van der Waals surface area contributed by atoms with Gasteiger partial charge in [0.1, 0.15) is 12.1 Å². The van der Waals surface area contributed by atoms with Crippen LogP contribution in [0.2, 0.25) is 0 Å². The van der Waals surface area contributed by atoms with Crippen molar-refractivity contribution < 1.29 is 43.2 Å². The lowest BCUT2D eigenvalue weighted by molar-refractivity contribution is -0.147. The van der Waals surface area contributed by atoms with E-state index in [1.807, 2.05) is 27.7 Å². The van der Waals surface area contributed by atoms with Crippen LogP contribution in [0.3, 0.4) is 0 Å². The summed E-state index contributed by atoms with van der Waals surface area (Å²) in [7, 11) is 0. The van der Waals surface area contributed by atoms with Crippen LogP contribution in [-0.2, 0) is 23.9 Å². The molecule has 0 fully saturated rings. The molecule has 10 heteroatoms. The van der Waals surface area contributed by atoms with E-state index in [-0.39, 0.29) is 24.0 Å². The van der Waals surface area contributed by atoms with Crippen molar-refractivity contribution in [1.29, 1.82) is 0 Å². The quantitative estimate of drug-likeness (QED) is 0.212. The number of carbonyl (C=O) groups is 4. The Morgan fingerprint density at radius 3 is 1.82 bits per heavy atom. The number of benzene rings is 1. The van der Waals surface area contributed by atoms with Crippen molar-refractivity contribution in [2.45, 2.75) is 100 Å². The molecule has 0 radical (unpaired) electrons. The first-order chi connectivity index (χ1) is 18.4. The average Bonchev–Trinajstić information content (AvgIpc) is 2.88. The van der Waals surface area contributed by atoms with E-state index in [1.165, 1.54) is 12.1 Å². The lowest BCUT2D eigenvalue weighted by atomic mass is 9.79. The fourth-order valence-corrected chi connectivity index (χ4v) is 3.47.